The molecule has 0 spiro atoms. The van der Waals surface area contributed by atoms with Crippen LogP contribution in [0.5, 0.6) is 0 Å². The van der Waals surface area contributed by atoms with Crippen LogP contribution in [0.1, 0.15) is 44.9 Å². The van der Waals surface area contributed by atoms with Gasteiger partial charge in [-0.25, -0.2) is 8.78 Å². The molecule has 1 heterocycles. The van der Waals surface area contributed by atoms with Gasteiger partial charge in [-0.1, -0.05) is 6.42 Å². The number of halogens is 2. The Bertz CT molecular complexity index is 322. The summed E-state index contributed by atoms with van der Waals surface area (Å²) >= 11 is 0. The Hall–Kier alpha value is -0.300. The number of aliphatic hydroxyl groups excluding tert-OH is 1. The highest BCUT2D eigenvalue weighted by molar-refractivity contribution is 4.86. The van der Waals surface area contributed by atoms with Gasteiger partial charge in [-0.05, 0) is 25.7 Å². The first-order valence-corrected chi connectivity index (χ1v) is 7.98. The van der Waals surface area contributed by atoms with Gasteiger partial charge in [0.1, 0.15) is 0 Å². The summed E-state index contributed by atoms with van der Waals surface area (Å²) in [5.41, 5.74) is -0.881. The van der Waals surface area contributed by atoms with Crippen molar-refractivity contribution in [1.29, 1.82) is 0 Å². The number of ether oxygens (including phenoxy) is 1. The molecule has 124 valence electrons. The van der Waals surface area contributed by atoms with Crippen molar-refractivity contribution in [2.24, 2.45) is 5.92 Å². The number of rotatable bonds is 6. The van der Waals surface area contributed by atoms with Crippen molar-refractivity contribution in [3.05, 3.63) is 0 Å². The summed E-state index contributed by atoms with van der Waals surface area (Å²) in [5, 5.41) is 23.2. The molecule has 0 radical (unpaired) electrons. The van der Waals surface area contributed by atoms with E-state index in [1.54, 1.807) is 0 Å². The predicted octanol–water partition coefficient (Wildman–Crippen LogP) is 1.69. The van der Waals surface area contributed by atoms with Crippen molar-refractivity contribution in [2.75, 3.05) is 26.3 Å². The molecule has 2 fully saturated rings. The molecular weight excluding hydrogens is 280 g/mol. The summed E-state index contributed by atoms with van der Waals surface area (Å²) in [6, 6.07) is 0. The lowest BCUT2D eigenvalue weighted by molar-refractivity contribution is -0.0911. The van der Waals surface area contributed by atoms with Crippen molar-refractivity contribution >= 4 is 0 Å². The Labute approximate surface area is 124 Å². The van der Waals surface area contributed by atoms with Crippen LogP contribution in [0, 0.1) is 5.92 Å². The van der Waals surface area contributed by atoms with Crippen molar-refractivity contribution in [2.45, 2.75) is 62.6 Å². The third kappa shape index (κ3) is 5.13. The molecule has 2 unspecified atom stereocenters. The molecule has 2 aliphatic rings. The maximum absolute atomic E-state index is 13.7. The second-order valence-electron chi connectivity index (χ2n) is 6.56. The lowest BCUT2D eigenvalue weighted by atomic mass is 9.85. The first-order valence-electron chi connectivity index (χ1n) is 7.98. The van der Waals surface area contributed by atoms with Crippen molar-refractivity contribution in [1.82, 2.24) is 5.32 Å². The second kappa shape index (κ2) is 7.31. The molecule has 2 rings (SSSR count). The molecule has 3 N–H and O–H groups in total. The normalized spacial score (nSPS) is 30.0. The van der Waals surface area contributed by atoms with Crippen molar-refractivity contribution < 1.29 is 23.7 Å². The summed E-state index contributed by atoms with van der Waals surface area (Å²) in [6.07, 6.45) is 2.55. The van der Waals surface area contributed by atoms with Gasteiger partial charge in [0.05, 0.1) is 11.7 Å². The molecule has 0 aromatic heterocycles. The van der Waals surface area contributed by atoms with E-state index < -0.39 is 23.5 Å². The molecule has 1 saturated heterocycles. The van der Waals surface area contributed by atoms with Gasteiger partial charge in [0.25, 0.3) is 5.92 Å². The molecule has 1 aliphatic heterocycles. The van der Waals surface area contributed by atoms with Crippen LogP contribution in [0.15, 0.2) is 0 Å². The summed E-state index contributed by atoms with van der Waals surface area (Å²) < 4.78 is 32.5. The van der Waals surface area contributed by atoms with Crippen LogP contribution in [0.2, 0.25) is 0 Å². The highest BCUT2D eigenvalue weighted by Gasteiger charge is 2.41. The summed E-state index contributed by atoms with van der Waals surface area (Å²) in [4.78, 5) is 0. The largest absolute Gasteiger partial charge is 0.392 e. The van der Waals surface area contributed by atoms with Crippen LogP contribution in [0.3, 0.4) is 0 Å². The number of alkyl halides is 2. The van der Waals surface area contributed by atoms with Gasteiger partial charge < -0.3 is 20.3 Å². The average Bonchev–Trinajstić information content (AvgIpc) is 2.40. The molecule has 0 amide bonds. The molecule has 0 bridgehead atoms. The van der Waals surface area contributed by atoms with E-state index in [9.17, 15) is 19.0 Å². The lowest BCUT2D eigenvalue weighted by Gasteiger charge is -2.34. The summed E-state index contributed by atoms with van der Waals surface area (Å²) in [6.45, 7) is 1.48. The smallest absolute Gasteiger partial charge is 0.252 e. The Balaban J connectivity index is 1.68. The van der Waals surface area contributed by atoms with E-state index in [1.807, 2.05) is 0 Å². The summed E-state index contributed by atoms with van der Waals surface area (Å²) in [5.74, 6) is -3.22. The van der Waals surface area contributed by atoms with E-state index >= 15 is 0 Å². The van der Waals surface area contributed by atoms with Gasteiger partial charge >= 0.3 is 0 Å². The Morgan fingerprint density at radius 1 is 1.19 bits per heavy atom. The number of aliphatic hydroxyl groups is 2. The predicted molar refractivity (Wildman–Crippen MR) is 75.4 cm³/mol. The van der Waals surface area contributed by atoms with E-state index in [0.29, 0.717) is 38.9 Å². The van der Waals surface area contributed by atoms with Gasteiger partial charge in [0.2, 0.25) is 0 Å². The molecule has 6 heteroatoms. The minimum Gasteiger partial charge on any atom is -0.392 e. The van der Waals surface area contributed by atoms with Crippen LogP contribution in [0.4, 0.5) is 8.78 Å². The monoisotopic (exact) mass is 307 g/mol. The Morgan fingerprint density at radius 2 is 1.90 bits per heavy atom. The zero-order valence-corrected chi connectivity index (χ0v) is 12.5. The van der Waals surface area contributed by atoms with Crippen LogP contribution in [-0.4, -0.2) is 54.1 Å². The fraction of sp³-hybridized carbons (Fsp3) is 1.00. The number of hydrogen-bond donors (Lipinski definition) is 3. The van der Waals surface area contributed by atoms with E-state index in [0.717, 1.165) is 6.42 Å². The maximum Gasteiger partial charge on any atom is 0.252 e. The highest BCUT2D eigenvalue weighted by Crippen LogP contribution is 2.37. The van der Waals surface area contributed by atoms with E-state index in [1.165, 1.54) is 0 Å². The third-order valence-corrected chi connectivity index (χ3v) is 4.72. The van der Waals surface area contributed by atoms with Gasteiger partial charge in [-0.15, -0.1) is 0 Å². The molecule has 1 aliphatic carbocycles. The van der Waals surface area contributed by atoms with Crippen LogP contribution < -0.4 is 5.32 Å². The van der Waals surface area contributed by atoms with E-state index in [2.05, 4.69) is 5.32 Å². The quantitative estimate of drug-likeness (QED) is 0.699. The molecule has 0 aromatic carbocycles. The van der Waals surface area contributed by atoms with Gasteiger partial charge in [0, 0.05) is 45.1 Å². The molecule has 1 saturated carbocycles. The highest BCUT2D eigenvalue weighted by atomic mass is 19.3. The zero-order chi connectivity index (χ0) is 15.3. The molecular formula is C15H27F2NO3. The summed E-state index contributed by atoms with van der Waals surface area (Å²) in [7, 11) is 0. The lowest BCUT2D eigenvalue weighted by Crippen LogP contribution is -2.44. The zero-order valence-electron chi connectivity index (χ0n) is 12.5. The topological polar surface area (TPSA) is 61.7 Å². The van der Waals surface area contributed by atoms with E-state index in [-0.39, 0.29) is 25.9 Å². The van der Waals surface area contributed by atoms with Crippen LogP contribution in [0.25, 0.3) is 0 Å². The molecule has 21 heavy (non-hydrogen) atoms. The molecule has 4 nitrogen and oxygen atoms in total. The minimum absolute atomic E-state index is 0.0261. The SMILES string of the molecule is OC(CNCC1CCCCC1(F)F)CC1(O)CCOCC1. The first kappa shape index (κ1) is 17.1. The van der Waals surface area contributed by atoms with Crippen molar-refractivity contribution in [3.8, 4) is 0 Å². The second-order valence-corrected chi connectivity index (χ2v) is 6.56. The Kier molecular flexibility index (Phi) is 5.94. The molecule has 0 aromatic rings. The Morgan fingerprint density at radius 3 is 2.57 bits per heavy atom. The minimum atomic E-state index is -2.59. The average molecular weight is 307 g/mol. The molecule has 2 atom stereocenters. The van der Waals surface area contributed by atoms with Crippen molar-refractivity contribution in [3.63, 3.8) is 0 Å². The number of hydrogen-bond acceptors (Lipinski definition) is 4. The maximum atomic E-state index is 13.7. The third-order valence-electron chi connectivity index (χ3n) is 4.72. The van der Waals surface area contributed by atoms with Crippen LogP contribution >= 0.6 is 0 Å². The van der Waals surface area contributed by atoms with Crippen LogP contribution in [-0.2, 0) is 4.74 Å². The van der Waals surface area contributed by atoms with Gasteiger partial charge in [0.15, 0.2) is 0 Å². The fourth-order valence-electron chi connectivity index (χ4n) is 3.31. The van der Waals surface area contributed by atoms with Gasteiger partial charge in [-0.3, -0.25) is 0 Å². The number of nitrogens with one attached hydrogen (secondary N) is 1. The first-order chi connectivity index (χ1) is 9.91. The van der Waals surface area contributed by atoms with E-state index in [4.69, 9.17) is 4.74 Å². The standard InChI is InChI=1S/C15H27F2NO3/c16-15(17)4-2-1-3-12(15)10-18-11-13(19)9-14(20)5-7-21-8-6-14/h12-13,18-20H,1-11H2. The fourth-order valence-corrected chi connectivity index (χ4v) is 3.31. The van der Waals surface area contributed by atoms with Gasteiger partial charge in [-0.2, -0.15) is 0 Å².